The van der Waals surface area contributed by atoms with Crippen LogP contribution in [0.2, 0.25) is 5.15 Å². The van der Waals surface area contributed by atoms with Crippen molar-refractivity contribution in [2.75, 3.05) is 20.3 Å². The molecule has 0 aliphatic heterocycles. The number of carbonyl (C=O) groups excluding carboxylic acids is 2. The summed E-state index contributed by atoms with van der Waals surface area (Å²) in [6.07, 6.45) is 3.92. The molecule has 57 heavy (non-hydrogen) atoms. The minimum atomic E-state index is -0.952. The number of methoxy groups -OCH3 is 1. The minimum Gasteiger partial charge on any atom is -0.429 e. The maximum atomic E-state index is 12.2. The van der Waals surface area contributed by atoms with E-state index < -0.39 is 16.3 Å². The lowest BCUT2D eigenvalue weighted by molar-refractivity contribution is -0.763. The predicted molar refractivity (Wildman–Crippen MR) is 203 cm³/mol. The predicted octanol–water partition coefficient (Wildman–Crippen LogP) is 6.70. The van der Waals surface area contributed by atoms with Gasteiger partial charge in [-0.25, -0.2) is 9.78 Å². The van der Waals surface area contributed by atoms with Crippen LogP contribution >= 0.6 is 11.6 Å². The quantitative estimate of drug-likeness (QED) is 0.0247. The zero-order chi connectivity index (χ0) is 41.0. The Hall–Kier alpha value is -6.47. The molecule has 0 radical (unpaired) electrons. The summed E-state index contributed by atoms with van der Waals surface area (Å²) >= 11 is 6.24. The van der Waals surface area contributed by atoms with Gasteiger partial charge < -0.3 is 28.5 Å². The van der Waals surface area contributed by atoms with Crippen LogP contribution in [0.3, 0.4) is 0 Å². The number of halogens is 1. The number of benzene rings is 3. The van der Waals surface area contributed by atoms with Crippen molar-refractivity contribution in [1.29, 1.82) is 0 Å². The standard InChI is InChI=1S/C32H30ClN7O7.C5H11NO4/c1-2-3-11-29-34-30(33)28(18-41)38(29)17-22-12-14-25(15-13-22)26-9-4-5-10-27(26)31-35-37-39(36-31)21-46-32(42)45-19-23-7-6-8-24(16-23)20-47-40(43)44;1-9-4-2-3-5-10-6(7)8/h4-10,12-16,18H,2-3,11,17,19-21H2,1H3;2-5H2,1H3. The van der Waals surface area contributed by atoms with E-state index in [0.717, 1.165) is 64.8 Å². The van der Waals surface area contributed by atoms with Crippen LogP contribution in [-0.2, 0) is 56.8 Å². The third kappa shape index (κ3) is 14.0. The van der Waals surface area contributed by atoms with Crippen molar-refractivity contribution in [3.8, 4) is 22.5 Å². The third-order valence-electron chi connectivity index (χ3n) is 8.06. The summed E-state index contributed by atoms with van der Waals surface area (Å²) in [5, 5.41) is 31.1. The zero-order valence-corrected chi connectivity index (χ0v) is 32.0. The van der Waals surface area contributed by atoms with Gasteiger partial charge in [0, 0.05) is 32.2 Å². The molecular formula is C37H41ClN8O11. The Kier molecular flexibility index (Phi) is 17.3. The van der Waals surface area contributed by atoms with Crippen LogP contribution in [0.15, 0.2) is 72.8 Å². The topological polar surface area (TPSA) is 228 Å². The molecule has 5 aromatic rings. The fraction of sp³-hybridized carbons (Fsp3) is 0.351. The van der Waals surface area contributed by atoms with Crippen LogP contribution in [0, 0.1) is 20.2 Å². The molecule has 3 aromatic carbocycles. The Morgan fingerprint density at radius 2 is 1.56 bits per heavy atom. The van der Waals surface area contributed by atoms with E-state index in [-0.39, 0.29) is 31.7 Å². The number of aldehydes is 1. The zero-order valence-electron chi connectivity index (χ0n) is 31.2. The molecule has 5 rings (SSSR count). The average molecular weight is 809 g/mol. The number of imidazole rings is 1. The molecule has 0 spiro atoms. The molecule has 19 nitrogen and oxygen atoms in total. The lowest BCUT2D eigenvalue weighted by Gasteiger charge is -2.11. The summed E-state index contributed by atoms with van der Waals surface area (Å²) in [6, 6.07) is 22.2. The summed E-state index contributed by atoms with van der Waals surface area (Å²) < 4.78 is 16.8. The Morgan fingerprint density at radius 3 is 2.25 bits per heavy atom. The fourth-order valence-electron chi connectivity index (χ4n) is 5.32. The lowest BCUT2D eigenvalue weighted by atomic mass is 9.98. The van der Waals surface area contributed by atoms with Gasteiger partial charge in [-0.2, -0.15) is 0 Å². The number of aryl methyl sites for hydroxylation is 1. The van der Waals surface area contributed by atoms with Crippen LogP contribution in [0.25, 0.3) is 22.5 Å². The van der Waals surface area contributed by atoms with Gasteiger partial charge in [0.25, 0.3) is 10.2 Å². The van der Waals surface area contributed by atoms with E-state index in [1.165, 1.54) is 0 Å². The smallest absolute Gasteiger partial charge is 0.429 e. The highest BCUT2D eigenvalue weighted by molar-refractivity contribution is 6.31. The maximum Gasteiger partial charge on any atom is 0.510 e. The molecule has 0 N–H and O–H groups in total. The number of hydrogen-bond donors (Lipinski definition) is 0. The summed E-state index contributed by atoms with van der Waals surface area (Å²) in [5.74, 6) is 1.12. The van der Waals surface area contributed by atoms with Gasteiger partial charge in [-0.1, -0.05) is 97.7 Å². The van der Waals surface area contributed by atoms with Gasteiger partial charge in [-0.15, -0.1) is 35.2 Å². The van der Waals surface area contributed by atoms with Crippen LogP contribution in [-0.4, -0.2) is 72.7 Å². The molecule has 0 amide bonds. The van der Waals surface area contributed by atoms with E-state index in [0.29, 0.717) is 42.2 Å². The second kappa shape index (κ2) is 22.8. The first-order chi connectivity index (χ1) is 27.6. The van der Waals surface area contributed by atoms with Gasteiger partial charge in [-0.05, 0) is 52.3 Å². The largest absolute Gasteiger partial charge is 0.510 e. The highest BCUT2D eigenvalue weighted by Gasteiger charge is 2.17. The van der Waals surface area contributed by atoms with E-state index in [9.17, 15) is 29.8 Å². The fourth-order valence-corrected chi connectivity index (χ4v) is 5.57. The van der Waals surface area contributed by atoms with E-state index in [1.54, 1.807) is 31.4 Å². The van der Waals surface area contributed by atoms with E-state index >= 15 is 0 Å². The molecule has 20 heteroatoms. The highest BCUT2D eigenvalue weighted by Crippen LogP contribution is 2.30. The summed E-state index contributed by atoms with van der Waals surface area (Å²) in [6.45, 7) is 2.68. The molecule has 0 bridgehead atoms. The SMILES string of the molecule is CCCCc1nc(Cl)c(C=O)n1Cc1ccc(-c2ccccc2-c2nnn(COC(=O)OCc3cccc(CO[N+](=O)[O-])c3)n2)cc1.COCCCCO[N+](=O)[O-]. The van der Waals surface area contributed by atoms with Crippen LogP contribution in [0.1, 0.15) is 65.6 Å². The molecule has 0 unspecified atom stereocenters. The lowest BCUT2D eigenvalue weighted by Crippen LogP contribution is -2.13. The minimum absolute atomic E-state index is 0.109. The van der Waals surface area contributed by atoms with Crippen molar-refractivity contribution in [3.05, 3.63) is 126 Å². The molecule has 0 saturated carbocycles. The van der Waals surface area contributed by atoms with Gasteiger partial charge in [0.05, 0.1) is 6.61 Å². The Labute approximate surface area is 331 Å². The molecule has 0 saturated heterocycles. The molecule has 0 atom stereocenters. The third-order valence-corrected chi connectivity index (χ3v) is 8.33. The summed E-state index contributed by atoms with van der Waals surface area (Å²) in [4.78, 5) is 57.8. The van der Waals surface area contributed by atoms with Crippen LogP contribution < -0.4 is 0 Å². The molecule has 0 aliphatic rings. The number of carbonyl (C=O) groups is 2. The number of aromatic nitrogens is 6. The van der Waals surface area contributed by atoms with Crippen molar-refractivity contribution in [1.82, 2.24) is 29.8 Å². The van der Waals surface area contributed by atoms with Crippen molar-refractivity contribution < 1.29 is 43.6 Å². The molecule has 2 heterocycles. The van der Waals surface area contributed by atoms with E-state index in [4.69, 9.17) is 25.8 Å². The molecule has 2 aromatic heterocycles. The average Bonchev–Trinajstić information content (AvgIpc) is 3.81. The monoisotopic (exact) mass is 808 g/mol. The highest BCUT2D eigenvalue weighted by atomic mass is 35.5. The number of hydrogen-bond acceptors (Lipinski definition) is 15. The van der Waals surface area contributed by atoms with E-state index in [2.05, 4.69) is 37.0 Å². The normalized spacial score (nSPS) is 10.6. The van der Waals surface area contributed by atoms with Crippen LogP contribution in [0.5, 0.6) is 0 Å². The maximum absolute atomic E-state index is 12.2. The first-order valence-electron chi connectivity index (χ1n) is 17.7. The second-order valence-electron chi connectivity index (χ2n) is 12.1. The summed E-state index contributed by atoms with van der Waals surface area (Å²) in [5.41, 5.74) is 5.01. The Bertz CT molecular complexity index is 2070. The molecule has 0 aliphatic carbocycles. The summed E-state index contributed by atoms with van der Waals surface area (Å²) in [7, 11) is 1.59. The van der Waals surface area contributed by atoms with Crippen molar-refractivity contribution in [3.63, 3.8) is 0 Å². The Balaban J connectivity index is 0.000000635. The van der Waals surface area contributed by atoms with Gasteiger partial charge in [0.15, 0.2) is 11.4 Å². The first kappa shape index (κ1) is 43.3. The van der Waals surface area contributed by atoms with Gasteiger partial charge >= 0.3 is 6.16 Å². The van der Waals surface area contributed by atoms with E-state index in [1.807, 2.05) is 53.1 Å². The number of nitrogens with zero attached hydrogens (tertiary/aromatic N) is 8. The number of rotatable bonds is 21. The van der Waals surface area contributed by atoms with Crippen molar-refractivity contribution in [2.45, 2.75) is 65.5 Å². The number of ether oxygens (including phenoxy) is 3. The number of tetrazole rings is 1. The second-order valence-corrected chi connectivity index (χ2v) is 12.5. The Morgan fingerprint density at radius 1 is 0.860 bits per heavy atom. The van der Waals surface area contributed by atoms with Crippen molar-refractivity contribution in [2.24, 2.45) is 0 Å². The van der Waals surface area contributed by atoms with Crippen LogP contribution in [0.4, 0.5) is 4.79 Å². The molecule has 0 fully saturated rings. The molecule has 302 valence electrons. The van der Waals surface area contributed by atoms with Gasteiger partial charge in [0.2, 0.25) is 12.6 Å². The first-order valence-corrected chi connectivity index (χ1v) is 18.1. The molecular weight excluding hydrogens is 768 g/mol. The number of unbranched alkanes of at least 4 members (excludes halogenated alkanes) is 2. The van der Waals surface area contributed by atoms with Gasteiger partial charge in [0.1, 0.15) is 24.7 Å². The van der Waals surface area contributed by atoms with Crippen molar-refractivity contribution >= 4 is 24.0 Å². The van der Waals surface area contributed by atoms with Gasteiger partial charge in [-0.3, -0.25) is 4.79 Å².